The topological polar surface area (TPSA) is 111 Å². The average molecular weight is 387 g/mol. The summed E-state index contributed by atoms with van der Waals surface area (Å²) >= 11 is 0. The van der Waals surface area contributed by atoms with Gasteiger partial charge in [-0.2, -0.15) is 14.6 Å². The molecule has 3 heterocycles. The van der Waals surface area contributed by atoms with Gasteiger partial charge in [0.15, 0.2) is 5.65 Å². The van der Waals surface area contributed by atoms with Gasteiger partial charge >= 0.3 is 6.09 Å². The summed E-state index contributed by atoms with van der Waals surface area (Å²) in [7, 11) is 0. The van der Waals surface area contributed by atoms with Crippen molar-refractivity contribution in [2.75, 3.05) is 18.4 Å². The first kappa shape index (κ1) is 18.9. The first-order valence-electron chi connectivity index (χ1n) is 10.1. The number of nitrogens with zero attached hydrogens (tertiary/aromatic N) is 5. The van der Waals surface area contributed by atoms with Crippen LogP contribution in [0.5, 0.6) is 0 Å². The second-order valence-electron chi connectivity index (χ2n) is 8.23. The molecule has 0 aromatic carbocycles. The Labute approximate surface area is 164 Å². The number of aromatic nitrogens is 4. The van der Waals surface area contributed by atoms with Crippen molar-refractivity contribution in [3.63, 3.8) is 0 Å². The summed E-state index contributed by atoms with van der Waals surface area (Å²) in [6, 6.07) is 0.407. The van der Waals surface area contributed by atoms with Crippen LogP contribution in [0.15, 0.2) is 6.20 Å². The zero-order valence-electron chi connectivity index (χ0n) is 16.8. The minimum Gasteiger partial charge on any atom is -0.446 e. The molecule has 2 fully saturated rings. The highest BCUT2D eigenvalue weighted by Crippen LogP contribution is 2.24. The molecule has 0 radical (unpaired) electrons. The second-order valence-corrected chi connectivity index (χ2v) is 8.23. The first-order valence-corrected chi connectivity index (χ1v) is 10.1. The van der Waals surface area contributed by atoms with Crippen LogP contribution in [-0.4, -0.2) is 61.9 Å². The number of carbonyl (C=O) groups excluding carboxylic acids is 1. The maximum atomic E-state index is 12.3. The highest BCUT2D eigenvalue weighted by Gasteiger charge is 2.32. The lowest BCUT2D eigenvalue weighted by molar-refractivity contribution is 0.0147. The van der Waals surface area contributed by atoms with Crippen molar-refractivity contribution in [1.82, 2.24) is 24.5 Å². The molecule has 0 bridgehead atoms. The van der Waals surface area contributed by atoms with Crippen molar-refractivity contribution in [3.05, 3.63) is 17.6 Å². The molecule has 0 unspecified atom stereocenters. The zero-order valence-corrected chi connectivity index (χ0v) is 16.8. The molecule has 1 saturated heterocycles. The number of nitrogens with two attached hydrogens (primary N) is 1. The molecule has 9 heteroatoms. The number of piperidine rings is 1. The number of rotatable bonds is 4. The van der Waals surface area contributed by atoms with E-state index in [1.165, 1.54) is 0 Å². The summed E-state index contributed by atoms with van der Waals surface area (Å²) in [4.78, 5) is 23.2. The van der Waals surface area contributed by atoms with E-state index in [1.807, 2.05) is 13.1 Å². The third-order valence-corrected chi connectivity index (χ3v) is 5.61. The number of hydrogen-bond acceptors (Lipinski definition) is 7. The van der Waals surface area contributed by atoms with Crippen LogP contribution in [0.1, 0.15) is 56.8 Å². The maximum absolute atomic E-state index is 12.3. The molecule has 2 aromatic heterocycles. The Morgan fingerprint density at radius 3 is 2.64 bits per heavy atom. The third-order valence-electron chi connectivity index (χ3n) is 5.61. The third kappa shape index (κ3) is 3.76. The predicted octanol–water partition coefficient (Wildman–Crippen LogP) is 2.06. The van der Waals surface area contributed by atoms with Gasteiger partial charge in [0.05, 0.1) is 6.20 Å². The summed E-state index contributed by atoms with van der Waals surface area (Å²) in [6.45, 7) is 7.49. The smallest absolute Gasteiger partial charge is 0.410 e. The molecular formula is C19H29N7O2. The van der Waals surface area contributed by atoms with Crippen LogP contribution in [0, 0.1) is 6.92 Å². The van der Waals surface area contributed by atoms with Crippen LogP contribution in [0.3, 0.4) is 0 Å². The molecule has 1 amide bonds. The van der Waals surface area contributed by atoms with Gasteiger partial charge in [-0.25, -0.2) is 9.78 Å². The van der Waals surface area contributed by atoms with E-state index in [-0.39, 0.29) is 24.3 Å². The lowest BCUT2D eigenvalue weighted by Crippen LogP contribution is -2.47. The number of carbonyl (C=O) groups is 1. The summed E-state index contributed by atoms with van der Waals surface area (Å²) in [5.41, 5.74) is 7.72. The van der Waals surface area contributed by atoms with Crippen molar-refractivity contribution >= 4 is 17.7 Å². The van der Waals surface area contributed by atoms with E-state index >= 15 is 0 Å². The minimum absolute atomic E-state index is 0.00871. The average Bonchev–Trinajstić information content (AvgIpc) is 3.05. The molecule has 4 rings (SSSR count). The normalized spacial score (nSPS) is 23.1. The van der Waals surface area contributed by atoms with Crippen LogP contribution >= 0.6 is 0 Å². The number of amides is 1. The van der Waals surface area contributed by atoms with Gasteiger partial charge in [0.1, 0.15) is 11.9 Å². The Balaban J connectivity index is 1.38. The summed E-state index contributed by atoms with van der Waals surface area (Å²) in [6.07, 6.45) is 4.86. The van der Waals surface area contributed by atoms with Gasteiger partial charge in [-0.1, -0.05) is 13.8 Å². The zero-order chi connectivity index (χ0) is 19.8. The van der Waals surface area contributed by atoms with Crippen LogP contribution in [0.25, 0.3) is 5.65 Å². The van der Waals surface area contributed by atoms with Crippen molar-refractivity contribution in [2.45, 2.75) is 70.6 Å². The molecule has 9 nitrogen and oxygen atoms in total. The molecule has 1 aliphatic carbocycles. The Bertz CT molecular complexity index is 851. The van der Waals surface area contributed by atoms with Gasteiger partial charge in [0.2, 0.25) is 5.95 Å². The van der Waals surface area contributed by atoms with E-state index < -0.39 is 0 Å². The Morgan fingerprint density at radius 1 is 1.29 bits per heavy atom. The van der Waals surface area contributed by atoms with Gasteiger partial charge in [-0.3, -0.25) is 0 Å². The molecule has 1 saturated carbocycles. The predicted molar refractivity (Wildman–Crippen MR) is 105 cm³/mol. The van der Waals surface area contributed by atoms with Crippen LogP contribution in [-0.2, 0) is 4.74 Å². The molecule has 0 spiro atoms. The molecule has 0 atom stereocenters. The minimum atomic E-state index is -0.218. The number of likely N-dealkylation sites (tertiary alicyclic amines) is 1. The number of anilines is 1. The largest absolute Gasteiger partial charge is 0.446 e. The SMILES string of the molecule is Cc1nc(NC2CCN(C(=O)OC3CC(N)C3)CC2)n2ncc(C(C)C)c2n1. The second kappa shape index (κ2) is 7.54. The van der Waals surface area contributed by atoms with Crippen LogP contribution in [0.2, 0.25) is 0 Å². The number of hydrogen-bond donors (Lipinski definition) is 2. The highest BCUT2D eigenvalue weighted by atomic mass is 16.6. The van der Waals surface area contributed by atoms with Crippen molar-refractivity contribution in [1.29, 1.82) is 0 Å². The van der Waals surface area contributed by atoms with E-state index in [0.717, 1.165) is 42.7 Å². The summed E-state index contributed by atoms with van der Waals surface area (Å²) in [5.74, 6) is 1.77. The highest BCUT2D eigenvalue weighted by molar-refractivity contribution is 5.68. The fourth-order valence-electron chi connectivity index (χ4n) is 3.81. The molecule has 3 N–H and O–H groups in total. The Kier molecular flexibility index (Phi) is 5.09. The lowest BCUT2D eigenvalue weighted by atomic mass is 9.90. The van der Waals surface area contributed by atoms with E-state index in [2.05, 4.69) is 34.2 Å². The van der Waals surface area contributed by atoms with Crippen molar-refractivity contribution < 1.29 is 9.53 Å². The Hall–Kier alpha value is -2.42. The van der Waals surface area contributed by atoms with Crippen molar-refractivity contribution in [3.8, 4) is 0 Å². The van der Waals surface area contributed by atoms with Gasteiger partial charge in [-0.05, 0) is 38.5 Å². The molecule has 2 aromatic rings. The van der Waals surface area contributed by atoms with Gasteiger partial charge in [0.25, 0.3) is 0 Å². The summed E-state index contributed by atoms with van der Waals surface area (Å²) in [5, 5.41) is 7.98. The van der Waals surface area contributed by atoms with Crippen LogP contribution in [0.4, 0.5) is 10.7 Å². The van der Waals surface area contributed by atoms with E-state index in [9.17, 15) is 4.79 Å². The standard InChI is InChI=1S/C19H29N7O2/c1-11(2)16-10-21-26-17(16)22-12(3)23-18(26)24-14-4-6-25(7-5-14)19(27)28-15-8-13(20)9-15/h10-11,13-15H,4-9,20H2,1-3H3,(H,22,23,24). The Morgan fingerprint density at radius 2 is 2.00 bits per heavy atom. The number of fused-ring (bicyclic) bond motifs is 1. The number of aryl methyl sites for hydroxylation is 1. The summed E-state index contributed by atoms with van der Waals surface area (Å²) < 4.78 is 7.28. The van der Waals surface area contributed by atoms with E-state index in [0.29, 0.717) is 25.0 Å². The van der Waals surface area contributed by atoms with E-state index in [1.54, 1.807) is 9.42 Å². The van der Waals surface area contributed by atoms with Crippen molar-refractivity contribution in [2.24, 2.45) is 5.73 Å². The monoisotopic (exact) mass is 387 g/mol. The van der Waals surface area contributed by atoms with Gasteiger partial charge < -0.3 is 20.7 Å². The first-order chi connectivity index (χ1) is 13.4. The molecule has 2 aliphatic rings. The fourth-order valence-corrected chi connectivity index (χ4v) is 3.81. The van der Waals surface area contributed by atoms with E-state index in [4.69, 9.17) is 10.5 Å². The number of nitrogens with one attached hydrogen (secondary N) is 1. The molecule has 1 aliphatic heterocycles. The van der Waals surface area contributed by atoms with Gasteiger partial charge in [0, 0.05) is 30.7 Å². The maximum Gasteiger partial charge on any atom is 0.410 e. The van der Waals surface area contributed by atoms with Gasteiger partial charge in [-0.15, -0.1) is 0 Å². The molecule has 152 valence electrons. The lowest BCUT2D eigenvalue weighted by Gasteiger charge is -2.36. The fraction of sp³-hybridized carbons (Fsp3) is 0.684. The van der Waals surface area contributed by atoms with Crippen LogP contribution < -0.4 is 11.1 Å². The molecule has 28 heavy (non-hydrogen) atoms. The quantitative estimate of drug-likeness (QED) is 0.826. The molecular weight excluding hydrogens is 358 g/mol. The number of ether oxygens (including phenoxy) is 1.